The molecule has 1 aromatic carbocycles. The molecule has 94 valence electrons. The van der Waals surface area contributed by atoms with E-state index in [0.29, 0.717) is 16.5 Å². The minimum absolute atomic E-state index is 0.348. The zero-order valence-corrected chi connectivity index (χ0v) is 11.1. The number of benzene rings is 1. The molecule has 5 heteroatoms. The molecule has 1 N–H and O–H groups in total. The first-order chi connectivity index (χ1) is 7.83. The first-order valence-electron chi connectivity index (χ1n) is 5.16. The van der Waals surface area contributed by atoms with E-state index in [-0.39, 0.29) is 0 Å². The molecule has 0 radical (unpaired) electrons. The molecule has 0 fully saturated rings. The van der Waals surface area contributed by atoms with Crippen LogP contribution in [0.15, 0.2) is 18.2 Å². The third-order valence-corrected chi connectivity index (χ3v) is 2.21. The second-order valence-electron chi connectivity index (χ2n) is 4.45. The quantitative estimate of drug-likeness (QED) is 0.879. The van der Waals surface area contributed by atoms with Crippen molar-refractivity contribution in [2.45, 2.75) is 26.4 Å². The van der Waals surface area contributed by atoms with Crippen LogP contribution < -0.4 is 10.1 Å². The van der Waals surface area contributed by atoms with Gasteiger partial charge in [0.1, 0.15) is 16.4 Å². The second-order valence-corrected chi connectivity index (χ2v) is 4.83. The Morgan fingerprint density at radius 3 is 2.53 bits per heavy atom. The Morgan fingerprint density at radius 1 is 1.35 bits per heavy atom. The van der Waals surface area contributed by atoms with Crippen molar-refractivity contribution >= 4 is 23.4 Å². The van der Waals surface area contributed by atoms with Crippen molar-refractivity contribution in [3.8, 4) is 5.75 Å². The van der Waals surface area contributed by atoms with E-state index < -0.39 is 11.7 Å². The van der Waals surface area contributed by atoms with Gasteiger partial charge in [0.2, 0.25) is 0 Å². The monoisotopic (exact) mass is 257 g/mol. The molecular weight excluding hydrogens is 242 g/mol. The summed E-state index contributed by atoms with van der Waals surface area (Å²) in [6.07, 6.45) is -0.548. The Hall–Kier alpha value is -1.42. The van der Waals surface area contributed by atoms with Gasteiger partial charge in [0.25, 0.3) is 0 Å². The number of carbonyl (C=O) groups is 1. The van der Waals surface area contributed by atoms with Crippen molar-refractivity contribution in [2.75, 3.05) is 12.4 Å². The molecule has 1 amide bonds. The maximum absolute atomic E-state index is 11.5. The van der Waals surface area contributed by atoms with Gasteiger partial charge in [0.05, 0.1) is 12.8 Å². The Balaban J connectivity index is 2.79. The van der Waals surface area contributed by atoms with Gasteiger partial charge in [0.15, 0.2) is 0 Å². The van der Waals surface area contributed by atoms with Gasteiger partial charge in [-0.15, -0.1) is 0 Å². The summed E-state index contributed by atoms with van der Waals surface area (Å²) in [4.78, 5) is 11.5. The molecule has 0 unspecified atom stereocenters. The fourth-order valence-electron chi connectivity index (χ4n) is 1.18. The molecule has 0 spiro atoms. The highest BCUT2D eigenvalue weighted by atomic mass is 35.5. The van der Waals surface area contributed by atoms with Gasteiger partial charge in [-0.1, -0.05) is 17.7 Å². The Bertz CT molecular complexity index is 413. The molecular formula is C12H16ClNO3. The molecule has 1 aromatic rings. The number of amides is 1. The number of hydrogen-bond donors (Lipinski definition) is 1. The van der Waals surface area contributed by atoms with E-state index in [2.05, 4.69) is 5.32 Å². The Morgan fingerprint density at radius 2 is 2.00 bits per heavy atom. The van der Waals surface area contributed by atoms with Crippen LogP contribution in [0.2, 0.25) is 5.02 Å². The molecule has 0 atom stereocenters. The first-order valence-corrected chi connectivity index (χ1v) is 5.54. The number of anilines is 1. The molecule has 17 heavy (non-hydrogen) atoms. The summed E-state index contributed by atoms with van der Waals surface area (Å²) in [5.41, 5.74) is -0.0876. The van der Waals surface area contributed by atoms with Crippen LogP contribution in [0.4, 0.5) is 10.5 Å². The Kier molecular flexibility index (Phi) is 4.23. The highest BCUT2D eigenvalue weighted by molar-refractivity contribution is 6.35. The highest BCUT2D eigenvalue weighted by Gasteiger charge is 2.17. The summed E-state index contributed by atoms with van der Waals surface area (Å²) in [6, 6.07) is 5.12. The maximum Gasteiger partial charge on any atom is 0.412 e. The number of methoxy groups -OCH3 is 1. The molecule has 0 aliphatic heterocycles. The average Bonchev–Trinajstić information content (AvgIpc) is 2.18. The van der Waals surface area contributed by atoms with Crippen molar-refractivity contribution in [3.05, 3.63) is 23.2 Å². The van der Waals surface area contributed by atoms with Gasteiger partial charge in [-0.05, 0) is 32.9 Å². The highest BCUT2D eigenvalue weighted by Crippen LogP contribution is 2.31. The van der Waals surface area contributed by atoms with Crippen LogP contribution in [0.5, 0.6) is 5.75 Å². The topological polar surface area (TPSA) is 47.6 Å². The molecule has 0 aromatic heterocycles. The number of rotatable bonds is 2. The first kappa shape index (κ1) is 13.6. The minimum Gasteiger partial charge on any atom is -0.495 e. The van der Waals surface area contributed by atoms with Crippen molar-refractivity contribution in [2.24, 2.45) is 0 Å². The Labute approximate surface area is 106 Å². The van der Waals surface area contributed by atoms with Crippen LogP contribution in [0.1, 0.15) is 20.8 Å². The van der Waals surface area contributed by atoms with Crippen molar-refractivity contribution in [3.63, 3.8) is 0 Å². The molecule has 0 saturated heterocycles. The van der Waals surface area contributed by atoms with E-state index >= 15 is 0 Å². The summed E-state index contributed by atoms with van der Waals surface area (Å²) in [7, 11) is 1.51. The van der Waals surface area contributed by atoms with Gasteiger partial charge in [-0.3, -0.25) is 5.32 Å². The van der Waals surface area contributed by atoms with E-state index in [1.165, 1.54) is 7.11 Å². The number of hydrogen-bond acceptors (Lipinski definition) is 3. The molecule has 4 nitrogen and oxygen atoms in total. The smallest absolute Gasteiger partial charge is 0.412 e. The van der Waals surface area contributed by atoms with Crippen LogP contribution in [0.3, 0.4) is 0 Å². The number of ether oxygens (including phenoxy) is 2. The van der Waals surface area contributed by atoms with E-state index in [1.807, 2.05) is 0 Å². The van der Waals surface area contributed by atoms with Crippen LogP contribution in [-0.2, 0) is 4.74 Å². The van der Waals surface area contributed by atoms with Crippen LogP contribution >= 0.6 is 11.6 Å². The lowest BCUT2D eigenvalue weighted by atomic mass is 10.2. The van der Waals surface area contributed by atoms with E-state index in [9.17, 15) is 4.79 Å². The fourth-order valence-corrected chi connectivity index (χ4v) is 1.43. The molecule has 1 rings (SSSR count). The normalized spacial score (nSPS) is 10.9. The zero-order valence-electron chi connectivity index (χ0n) is 10.3. The zero-order chi connectivity index (χ0) is 13.1. The summed E-state index contributed by atoms with van der Waals surface area (Å²) < 4.78 is 10.2. The fraction of sp³-hybridized carbons (Fsp3) is 0.417. The summed E-state index contributed by atoms with van der Waals surface area (Å²) >= 11 is 6.03. The van der Waals surface area contributed by atoms with Crippen LogP contribution in [0.25, 0.3) is 0 Å². The third-order valence-electron chi connectivity index (χ3n) is 1.82. The summed E-state index contributed by atoms with van der Waals surface area (Å²) in [5.74, 6) is 0.500. The number of carbonyl (C=O) groups excluding carboxylic acids is 1. The summed E-state index contributed by atoms with van der Waals surface area (Å²) in [6.45, 7) is 5.37. The maximum atomic E-state index is 11.5. The number of nitrogens with one attached hydrogen (secondary N) is 1. The van der Waals surface area contributed by atoms with Crippen molar-refractivity contribution < 1.29 is 14.3 Å². The average molecular weight is 258 g/mol. The lowest BCUT2D eigenvalue weighted by Gasteiger charge is -2.20. The molecule has 0 saturated carbocycles. The number of halogens is 1. The predicted molar refractivity (Wildman–Crippen MR) is 67.9 cm³/mol. The summed E-state index contributed by atoms with van der Waals surface area (Å²) in [5, 5.41) is 2.92. The van der Waals surface area contributed by atoms with E-state index in [1.54, 1.807) is 39.0 Å². The molecule has 0 aliphatic rings. The van der Waals surface area contributed by atoms with Gasteiger partial charge >= 0.3 is 6.09 Å². The molecule has 0 heterocycles. The van der Waals surface area contributed by atoms with Gasteiger partial charge < -0.3 is 9.47 Å². The minimum atomic E-state index is -0.548. The van der Waals surface area contributed by atoms with E-state index in [4.69, 9.17) is 21.1 Å². The molecule has 0 bridgehead atoms. The van der Waals surface area contributed by atoms with Gasteiger partial charge in [-0.25, -0.2) is 4.79 Å². The van der Waals surface area contributed by atoms with Gasteiger partial charge in [-0.2, -0.15) is 0 Å². The van der Waals surface area contributed by atoms with Gasteiger partial charge in [0, 0.05) is 0 Å². The van der Waals surface area contributed by atoms with E-state index in [0.717, 1.165) is 0 Å². The van der Waals surface area contributed by atoms with Crippen LogP contribution in [0, 0.1) is 0 Å². The molecule has 0 aliphatic carbocycles. The van der Waals surface area contributed by atoms with Crippen molar-refractivity contribution in [1.82, 2.24) is 0 Å². The lowest BCUT2D eigenvalue weighted by molar-refractivity contribution is 0.0636. The second kappa shape index (κ2) is 5.27. The van der Waals surface area contributed by atoms with Crippen molar-refractivity contribution in [1.29, 1.82) is 0 Å². The lowest BCUT2D eigenvalue weighted by Crippen LogP contribution is -2.27. The predicted octanol–water partition coefficient (Wildman–Crippen LogP) is 3.70. The standard InChI is InChI=1S/C12H16ClNO3/c1-12(2,3)17-11(15)14-8-6-5-7-9(16-4)10(8)13/h5-7H,1-4H3,(H,14,15). The SMILES string of the molecule is COc1cccc(NC(=O)OC(C)(C)C)c1Cl. The third kappa shape index (κ3) is 4.15. The van der Waals surface area contributed by atoms with Crippen LogP contribution in [-0.4, -0.2) is 18.8 Å². The largest absolute Gasteiger partial charge is 0.495 e.